The van der Waals surface area contributed by atoms with E-state index in [1.165, 1.54) is 0 Å². The fraction of sp³-hybridized carbons (Fsp3) is 0.500. The highest BCUT2D eigenvalue weighted by Gasteiger charge is 2.33. The summed E-state index contributed by atoms with van der Waals surface area (Å²) < 4.78 is 0. The molecule has 0 unspecified atom stereocenters. The molecule has 2 rings (SSSR count). The van der Waals surface area contributed by atoms with Gasteiger partial charge in [-0.2, -0.15) is 0 Å². The minimum Gasteiger partial charge on any atom is -0.337 e. The van der Waals surface area contributed by atoms with Crippen LogP contribution in [0, 0.1) is 5.41 Å². The summed E-state index contributed by atoms with van der Waals surface area (Å²) in [5, 5.41) is 4.03. The van der Waals surface area contributed by atoms with Crippen LogP contribution in [0.15, 0.2) is 24.3 Å². The molecule has 0 atom stereocenters. The van der Waals surface area contributed by atoms with Gasteiger partial charge >= 0.3 is 0 Å². The standard InChI is InChI=1S/C14H19ClN2O/c1-14(2)10-16-7-8-17(13(14)18)9-11-5-3-4-6-12(11)15/h3-6,16H,7-10H2,1-2H3. The van der Waals surface area contributed by atoms with Crippen LogP contribution in [0.3, 0.4) is 0 Å². The first kappa shape index (κ1) is 13.4. The van der Waals surface area contributed by atoms with Crippen molar-refractivity contribution in [1.29, 1.82) is 0 Å². The number of hydrogen-bond acceptors (Lipinski definition) is 2. The van der Waals surface area contributed by atoms with Gasteiger partial charge in [-0.1, -0.05) is 29.8 Å². The van der Waals surface area contributed by atoms with Crippen LogP contribution in [-0.2, 0) is 11.3 Å². The van der Waals surface area contributed by atoms with Crippen molar-refractivity contribution in [2.24, 2.45) is 5.41 Å². The molecular weight excluding hydrogens is 248 g/mol. The normalized spacial score (nSPS) is 19.7. The molecule has 0 aromatic heterocycles. The molecule has 1 aliphatic heterocycles. The van der Waals surface area contributed by atoms with Crippen LogP contribution in [0.2, 0.25) is 5.02 Å². The molecular formula is C14H19ClN2O. The molecule has 18 heavy (non-hydrogen) atoms. The molecule has 0 saturated carbocycles. The van der Waals surface area contributed by atoms with Gasteiger partial charge in [0.2, 0.25) is 5.91 Å². The average Bonchev–Trinajstić information content (AvgIpc) is 2.45. The lowest BCUT2D eigenvalue weighted by Crippen LogP contribution is -2.41. The predicted octanol–water partition coefficient (Wildman–Crippen LogP) is 2.30. The number of halogens is 1. The molecule has 0 radical (unpaired) electrons. The predicted molar refractivity (Wildman–Crippen MR) is 73.5 cm³/mol. The summed E-state index contributed by atoms with van der Waals surface area (Å²) in [6.45, 7) is 6.84. The topological polar surface area (TPSA) is 32.3 Å². The van der Waals surface area contributed by atoms with Crippen molar-refractivity contribution in [3.8, 4) is 0 Å². The molecule has 0 aliphatic carbocycles. The first-order valence-corrected chi connectivity index (χ1v) is 6.62. The van der Waals surface area contributed by atoms with Crippen molar-refractivity contribution >= 4 is 17.5 Å². The maximum atomic E-state index is 12.4. The molecule has 1 saturated heterocycles. The monoisotopic (exact) mass is 266 g/mol. The number of nitrogens with zero attached hydrogens (tertiary/aromatic N) is 1. The molecule has 98 valence electrons. The summed E-state index contributed by atoms with van der Waals surface area (Å²) in [5.41, 5.74) is 0.655. The Morgan fingerprint density at radius 1 is 1.39 bits per heavy atom. The third-order valence-corrected chi connectivity index (χ3v) is 3.68. The smallest absolute Gasteiger partial charge is 0.229 e. The lowest BCUT2D eigenvalue weighted by atomic mass is 9.92. The number of rotatable bonds is 2. The molecule has 1 heterocycles. The minimum atomic E-state index is -0.349. The Morgan fingerprint density at radius 3 is 2.83 bits per heavy atom. The van der Waals surface area contributed by atoms with Crippen LogP contribution in [0.4, 0.5) is 0 Å². The van der Waals surface area contributed by atoms with Gasteiger partial charge in [-0.3, -0.25) is 4.79 Å². The molecule has 1 N–H and O–H groups in total. The second kappa shape index (κ2) is 5.29. The molecule has 1 amide bonds. The van der Waals surface area contributed by atoms with Crippen molar-refractivity contribution < 1.29 is 4.79 Å². The second-order valence-electron chi connectivity index (χ2n) is 5.38. The first-order chi connectivity index (χ1) is 8.50. The van der Waals surface area contributed by atoms with E-state index in [2.05, 4.69) is 5.32 Å². The molecule has 0 spiro atoms. The quantitative estimate of drug-likeness (QED) is 0.891. The number of hydrogen-bond donors (Lipinski definition) is 1. The maximum Gasteiger partial charge on any atom is 0.229 e. The maximum absolute atomic E-state index is 12.4. The van der Waals surface area contributed by atoms with E-state index in [9.17, 15) is 4.79 Å². The van der Waals surface area contributed by atoms with Gasteiger partial charge in [0, 0.05) is 31.2 Å². The zero-order chi connectivity index (χ0) is 13.2. The third-order valence-electron chi connectivity index (χ3n) is 3.31. The zero-order valence-electron chi connectivity index (χ0n) is 10.9. The van der Waals surface area contributed by atoms with Gasteiger partial charge in [-0.15, -0.1) is 0 Å². The van der Waals surface area contributed by atoms with E-state index < -0.39 is 0 Å². The molecule has 1 fully saturated rings. The molecule has 3 nitrogen and oxygen atoms in total. The Labute approximate surface area is 113 Å². The molecule has 1 aromatic rings. The highest BCUT2D eigenvalue weighted by atomic mass is 35.5. The second-order valence-corrected chi connectivity index (χ2v) is 5.79. The minimum absolute atomic E-state index is 0.187. The van der Waals surface area contributed by atoms with E-state index in [0.29, 0.717) is 6.54 Å². The molecule has 0 bridgehead atoms. The number of nitrogens with one attached hydrogen (secondary N) is 1. The van der Waals surface area contributed by atoms with Gasteiger partial charge in [-0.25, -0.2) is 0 Å². The Bertz CT molecular complexity index is 445. The van der Waals surface area contributed by atoms with Gasteiger partial charge in [0.05, 0.1) is 5.41 Å². The zero-order valence-corrected chi connectivity index (χ0v) is 11.6. The van der Waals surface area contributed by atoms with Crippen molar-refractivity contribution in [3.63, 3.8) is 0 Å². The SMILES string of the molecule is CC1(C)CNCCN(Cc2ccccc2Cl)C1=O. The Balaban J connectivity index is 2.17. The van der Waals surface area contributed by atoms with Gasteiger partial charge in [-0.05, 0) is 25.5 Å². The van der Waals surface area contributed by atoms with Crippen molar-refractivity contribution in [3.05, 3.63) is 34.9 Å². The summed E-state index contributed by atoms with van der Waals surface area (Å²) in [7, 11) is 0. The summed E-state index contributed by atoms with van der Waals surface area (Å²) in [5.74, 6) is 0.187. The van der Waals surface area contributed by atoms with E-state index >= 15 is 0 Å². The highest BCUT2D eigenvalue weighted by Crippen LogP contribution is 2.23. The van der Waals surface area contributed by atoms with E-state index in [1.807, 2.05) is 43.0 Å². The first-order valence-electron chi connectivity index (χ1n) is 6.24. The Kier molecular flexibility index (Phi) is 3.93. The summed E-state index contributed by atoms with van der Waals surface area (Å²) in [4.78, 5) is 14.3. The van der Waals surface area contributed by atoms with Crippen LogP contribution < -0.4 is 5.32 Å². The lowest BCUT2D eigenvalue weighted by molar-refractivity contribution is -0.139. The molecule has 1 aliphatic rings. The van der Waals surface area contributed by atoms with Crippen molar-refractivity contribution in [2.45, 2.75) is 20.4 Å². The van der Waals surface area contributed by atoms with Crippen LogP contribution >= 0.6 is 11.6 Å². The third kappa shape index (κ3) is 2.85. The van der Waals surface area contributed by atoms with Gasteiger partial charge in [0.25, 0.3) is 0 Å². The summed E-state index contributed by atoms with van der Waals surface area (Å²) >= 11 is 6.15. The Hall–Kier alpha value is -1.06. The largest absolute Gasteiger partial charge is 0.337 e. The fourth-order valence-electron chi connectivity index (χ4n) is 2.20. The van der Waals surface area contributed by atoms with Crippen LogP contribution in [0.1, 0.15) is 19.4 Å². The highest BCUT2D eigenvalue weighted by molar-refractivity contribution is 6.31. The van der Waals surface area contributed by atoms with E-state index in [0.717, 1.165) is 30.2 Å². The number of carbonyl (C=O) groups is 1. The molecule has 4 heteroatoms. The molecule has 1 aromatic carbocycles. The van der Waals surface area contributed by atoms with Crippen LogP contribution in [0.25, 0.3) is 0 Å². The van der Waals surface area contributed by atoms with E-state index in [4.69, 9.17) is 11.6 Å². The number of amides is 1. The van der Waals surface area contributed by atoms with Crippen LogP contribution in [-0.4, -0.2) is 30.4 Å². The summed E-state index contributed by atoms with van der Waals surface area (Å²) in [6.07, 6.45) is 0. The van der Waals surface area contributed by atoms with Gasteiger partial charge < -0.3 is 10.2 Å². The van der Waals surface area contributed by atoms with Gasteiger partial charge in [0.1, 0.15) is 0 Å². The average molecular weight is 267 g/mol. The van der Waals surface area contributed by atoms with Crippen molar-refractivity contribution in [2.75, 3.05) is 19.6 Å². The van der Waals surface area contributed by atoms with Gasteiger partial charge in [0.15, 0.2) is 0 Å². The lowest BCUT2D eigenvalue weighted by Gasteiger charge is -2.28. The van der Waals surface area contributed by atoms with Crippen molar-refractivity contribution in [1.82, 2.24) is 10.2 Å². The fourth-order valence-corrected chi connectivity index (χ4v) is 2.40. The Morgan fingerprint density at radius 2 is 2.11 bits per heavy atom. The number of benzene rings is 1. The summed E-state index contributed by atoms with van der Waals surface area (Å²) in [6, 6.07) is 7.69. The van der Waals surface area contributed by atoms with E-state index in [1.54, 1.807) is 0 Å². The number of carbonyl (C=O) groups excluding carboxylic acids is 1. The van der Waals surface area contributed by atoms with E-state index in [-0.39, 0.29) is 11.3 Å². The van der Waals surface area contributed by atoms with Crippen LogP contribution in [0.5, 0.6) is 0 Å².